The molecule has 7 nitrogen and oxygen atoms in total. The number of hydrogen-bond acceptors (Lipinski definition) is 5. The summed E-state index contributed by atoms with van der Waals surface area (Å²) in [6, 6.07) is 11.5. The average Bonchev–Trinajstić information content (AvgIpc) is 2.89. The fourth-order valence-electron chi connectivity index (χ4n) is 4.70. The number of amides is 2. The Bertz CT molecular complexity index is 992. The Morgan fingerprint density at radius 1 is 0.919 bits per heavy atom. The molecule has 1 heterocycles. The van der Waals surface area contributed by atoms with Gasteiger partial charge in [-0.3, -0.25) is 9.59 Å². The van der Waals surface area contributed by atoms with Crippen LogP contribution in [-0.2, 0) is 22.5 Å². The van der Waals surface area contributed by atoms with E-state index in [2.05, 4.69) is 12.2 Å². The van der Waals surface area contributed by atoms with E-state index in [4.69, 9.17) is 4.74 Å². The molecule has 3 rings (SSSR count). The molecule has 3 N–H and O–H groups in total. The first-order chi connectivity index (χ1) is 18.0. The zero-order valence-electron chi connectivity index (χ0n) is 22.1. The van der Waals surface area contributed by atoms with Crippen molar-refractivity contribution in [3.05, 3.63) is 59.2 Å². The van der Waals surface area contributed by atoms with Crippen LogP contribution in [0.1, 0.15) is 86.2 Å². The summed E-state index contributed by atoms with van der Waals surface area (Å²) in [5.41, 5.74) is 2.59. The molecular weight excluding hydrogens is 468 g/mol. The maximum atomic E-state index is 13.3. The Hall–Kier alpha value is -3.06. The molecule has 1 unspecified atom stereocenters. The summed E-state index contributed by atoms with van der Waals surface area (Å²) in [4.78, 5) is 26.8. The number of nitrogens with zero attached hydrogens (tertiary/aromatic N) is 1. The normalized spacial score (nSPS) is 14.8. The molecule has 0 aliphatic carbocycles. The number of nitrogens with one attached hydrogen (secondary N) is 1. The van der Waals surface area contributed by atoms with Crippen LogP contribution in [0.15, 0.2) is 42.5 Å². The van der Waals surface area contributed by atoms with Crippen LogP contribution in [-0.4, -0.2) is 52.7 Å². The first kappa shape index (κ1) is 28.5. The van der Waals surface area contributed by atoms with Crippen molar-refractivity contribution in [1.82, 2.24) is 10.2 Å². The number of hydrogen-bond donors (Lipinski definition) is 3. The lowest BCUT2D eigenvalue weighted by Crippen LogP contribution is -2.46. The zero-order chi connectivity index (χ0) is 26.5. The van der Waals surface area contributed by atoms with Gasteiger partial charge in [-0.05, 0) is 73.2 Å². The summed E-state index contributed by atoms with van der Waals surface area (Å²) in [5, 5.41) is 22.5. The standard InChI is InChI=1S/C30H42N2O5/c1-2-3-17-31-29(35)10-8-6-4-5-7-9-18-37-22-26-19-24-13-16-28(34)20-25(24)21-32(26)30(36)23-11-14-27(33)15-12-23/h11-16,20,26,33-34H,2-10,17-19,21-22H2,1H3,(H,31,35). The minimum Gasteiger partial charge on any atom is -0.508 e. The van der Waals surface area contributed by atoms with Crippen LogP contribution in [0.3, 0.4) is 0 Å². The first-order valence-electron chi connectivity index (χ1n) is 13.7. The highest BCUT2D eigenvalue weighted by molar-refractivity contribution is 5.94. The predicted molar refractivity (Wildman–Crippen MR) is 145 cm³/mol. The van der Waals surface area contributed by atoms with Gasteiger partial charge >= 0.3 is 0 Å². The molecule has 7 heteroatoms. The predicted octanol–water partition coefficient (Wildman–Crippen LogP) is 5.33. The zero-order valence-corrected chi connectivity index (χ0v) is 22.1. The molecule has 1 aliphatic rings. The largest absolute Gasteiger partial charge is 0.508 e. The molecule has 0 saturated carbocycles. The van der Waals surface area contributed by atoms with E-state index in [9.17, 15) is 19.8 Å². The number of phenolic OH excluding ortho intramolecular Hbond substituents is 2. The van der Waals surface area contributed by atoms with Crippen molar-refractivity contribution in [3.63, 3.8) is 0 Å². The van der Waals surface area contributed by atoms with Crippen molar-refractivity contribution in [2.45, 2.75) is 83.7 Å². The Kier molecular flexibility index (Phi) is 11.8. The Labute approximate surface area is 220 Å². The summed E-state index contributed by atoms with van der Waals surface area (Å²) < 4.78 is 6.02. The maximum absolute atomic E-state index is 13.3. The number of carbonyl (C=O) groups excluding carboxylic acids is 2. The van der Waals surface area contributed by atoms with Gasteiger partial charge in [-0.1, -0.05) is 45.1 Å². The third kappa shape index (κ3) is 9.39. The highest BCUT2D eigenvalue weighted by Crippen LogP contribution is 2.28. The van der Waals surface area contributed by atoms with Crippen molar-refractivity contribution in [2.24, 2.45) is 0 Å². The lowest BCUT2D eigenvalue weighted by atomic mass is 9.93. The molecule has 202 valence electrons. The average molecular weight is 511 g/mol. The summed E-state index contributed by atoms with van der Waals surface area (Å²) in [7, 11) is 0. The monoisotopic (exact) mass is 510 g/mol. The highest BCUT2D eigenvalue weighted by Gasteiger charge is 2.30. The third-order valence-corrected chi connectivity index (χ3v) is 6.91. The van der Waals surface area contributed by atoms with Gasteiger partial charge in [-0.2, -0.15) is 0 Å². The number of fused-ring (bicyclic) bond motifs is 1. The Morgan fingerprint density at radius 3 is 2.38 bits per heavy atom. The molecular formula is C30H42N2O5. The van der Waals surface area contributed by atoms with Crippen molar-refractivity contribution in [3.8, 4) is 11.5 Å². The smallest absolute Gasteiger partial charge is 0.254 e. The maximum Gasteiger partial charge on any atom is 0.254 e. The molecule has 2 aromatic rings. The molecule has 1 atom stereocenters. The van der Waals surface area contributed by atoms with Gasteiger partial charge in [0, 0.05) is 31.7 Å². The SMILES string of the molecule is CCCCNC(=O)CCCCCCCCOCC1Cc2ccc(O)cc2CN1C(=O)c1ccc(O)cc1. The van der Waals surface area contributed by atoms with E-state index in [1.54, 1.807) is 24.3 Å². The van der Waals surface area contributed by atoms with Gasteiger partial charge < -0.3 is 25.2 Å². The molecule has 37 heavy (non-hydrogen) atoms. The number of unbranched alkanes of at least 4 members (excludes halogenated alkanes) is 6. The summed E-state index contributed by atoms with van der Waals surface area (Å²) >= 11 is 0. The fraction of sp³-hybridized carbons (Fsp3) is 0.533. The quantitative estimate of drug-likeness (QED) is 0.281. The summed E-state index contributed by atoms with van der Waals surface area (Å²) in [5.74, 6) is 0.377. The van der Waals surface area contributed by atoms with E-state index in [1.165, 1.54) is 12.1 Å². The van der Waals surface area contributed by atoms with Gasteiger partial charge in [-0.15, -0.1) is 0 Å². The Balaban J connectivity index is 1.39. The van der Waals surface area contributed by atoms with Gasteiger partial charge in [0.25, 0.3) is 5.91 Å². The molecule has 2 amide bonds. The lowest BCUT2D eigenvalue weighted by Gasteiger charge is -2.37. The fourth-order valence-corrected chi connectivity index (χ4v) is 4.70. The number of ether oxygens (including phenoxy) is 1. The van der Waals surface area contributed by atoms with Gasteiger partial charge in [0.2, 0.25) is 5.91 Å². The molecule has 0 spiro atoms. The molecule has 0 bridgehead atoms. The second-order valence-electron chi connectivity index (χ2n) is 9.94. The van der Waals surface area contributed by atoms with Crippen LogP contribution in [0.25, 0.3) is 0 Å². The van der Waals surface area contributed by atoms with E-state index in [0.717, 1.165) is 69.0 Å². The van der Waals surface area contributed by atoms with Gasteiger partial charge in [-0.25, -0.2) is 0 Å². The van der Waals surface area contributed by atoms with Gasteiger partial charge in [0.1, 0.15) is 11.5 Å². The highest BCUT2D eigenvalue weighted by atomic mass is 16.5. The minimum absolute atomic E-state index is 0.0955. The minimum atomic E-state index is -0.110. The molecule has 0 saturated heterocycles. The van der Waals surface area contributed by atoms with E-state index < -0.39 is 0 Å². The van der Waals surface area contributed by atoms with E-state index >= 15 is 0 Å². The number of carbonyl (C=O) groups is 2. The molecule has 0 radical (unpaired) electrons. The molecule has 0 fully saturated rings. The van der Waals surface area contributed by atoms with Gasteiger partial charge in [0.15, 0.2) is 0 Å². The van der Waals surface area contributed by atoms with Crippen molar-refractivity contribution in [1.29, 1.82) is 0 Å². The summed E-state index contributed by atoms with van der Waals surface area (Å²) in [6.45, 7) is 4.43. The van der Waals surface area contributed by atoms with E-state index in [1.807, 2.05) is 11.0 Å². The van der Waals surface area contributed by atoms with Crippen molar-refractivity contribution in [2.75, 3.05) is 19.8 Å². The summed E-state index contributed by atoms with van der Waals surface area (Å²) in [6.07, 6.45) is 9.77. The molecule has 2 aromatic carbocycles. The Morgan fingerprint density at radius 2 is 1.62 bits per heavy atom. The van der Waals surface area contributed by atoms with Crippen LogP contribution in [0.4, 0.5) is 0 Å². The second kappa shape index (κ2) is 15.3. The number of phenols is 2. The van der Waals surface area contributed by atoms with Crippen LogP contribution in [0.5, 0.6) is 11.5 Å². The molecule has 0 aromatic heterocycles. The second-order valence-corrected chi connectivity index (χ2v) is 9.94. The third-order valence-electron chi connectivity index (χ3n) is 6.91. The van der Waals surface area contributed by atoms with Crippen molar-refractivity contribution >= 4 is 11.8 Å². The molecule has 1 aliphatic heterocycles. The van der Waals surface area contributed by atoms with Crippen LogP contribution in [0.2, 0.25) is 0 Å². The lowest BCUT2D eigenvalue weighted by molar-refractivity contribution is -0.121. The van der Waals surface area contributed by atoms with E-state index in [0.29, 0.717) is 38.2 Å². The van der Waals surface area contributed by atoms with E-state index in [-0.39, 0.29) is 29.4 Å². The van der Waals surface area contributed by atoms with Crippen LogP contribution in [0, 0.1) is 0 Å². The number of benzene rings is 2. The number of aromatic hydroxyl groups is 2. The van der Waals surface area contributed by atoms with Crippen LogP contribution < -0.4 is 5.32 Å². The number of rotatable bonds is 15. The first-order valence-corrected chi connectivity index (χ1v) is 13.7. The van der Waals surface area contributed by atoms with Crippen molar-refractivity contribution < 1.29 is 24.5 Å². The van der Waals surface area contributed by atoms with Gasteiger partial charge in [0.05, 0.1) is 12.6 Å². The topological polar surface area (TPSA) is 99.1 Å². The van der Waals surface area contributed by atoms with Crippen LogP contribution >= 0.6 is 0 Å².